The van der Waals surface area contributed by atoms with Gasteiger partial charge >= 0.3 is 0 Å². The van der Waals surface area contributed by atoms with E-state index in [0.29, 0.717) is 13.0 Å². The van der Waals surface area contributed by atoms with E-state index >= 15 is 0 Å². The molecule has 0 aromatic carbocycles. The van der Waals surface area contributed by atoms with Gasteiger partial charge in [0.2, 0.25) is 5.91 Å². The van der Waals surface area contributed by atoms with E-state index in [1.165, 1.54) is 6.26 Å². The fraction of sp³-hybridized carbons (Fsp3) is 0.923. The maximum absolute atomic E-state index is 12.3. The first kappa shape index (κ1) is 16.4. The van der Waals surface area contributed by atoms with Crippen molar-refractivity contribution in [2.24, 2.45) is 11.7 Å². The zero-order chi connectivity index (χ0) is 14.6. The summed E-state index contributed by atoms with van der Waals surface area (Å²) in [7, 11) is -3.07. The van der Waals surface area contributed by atoms with E-state index < -0.39 is 9.84 Å². The molecule has 2 N–H and O–H groups in total. The third-order valence-electron chi connectivity index (χ3n) is 3.89. The van der Waals surface area contributed by atoms with Crippen LogP contribution in [0.15, 0.2) is 0 Å². The molecule has 6 heteroatoms. The van der Waals surface area contributed by atoms with Crippen LogP contribution in [0.25, 0.3) is 0 Å². The Hall–Kier alpha value is -0.620. The van der Waals surface area contributed by atoms with E-state index in [9.17, 15) is 13.2 Å². The van der Waals surface area contributed by atoms with Crippen molar-refractivity contribution >= 4 is 15.7 Å². The number of nitrogens with two attached hydrogens (primary N) is 1. The van der Waals surface area contributed by atoms with Gasteiger partial charge in [-0.1, -0.05) is 6.42 Å². The van der Waals surface area contributed by atoms with Crippen molar-refractivity contribution < 1.29 is 13.2 Å². The van der Waals surface area contributed by atoms with E-state index in [-0.39, 0.29) is 29.7 Å². The maximum atomic E-state index is 12.3. The van der Waals surface area contributed by atoms with Crippen LogP contribution in [0.1, 0.15) is 39.5 Å². The summed E-state index contributed by atoms with van der Waals surface area (Å²) >= 11 is 0. The third-order valence-corrected chi connectivity index (χ3v) is 4.98. The molecule has 112 valence electrons. The molecule has 5 nitrogen and oxygen atoms in total. The normalized spacial score (nSPS) is 25.3. The first-order chi connectivity index (χ1) is 8.74. The van der Waals surface area contributed by atoms with Crippen LogP contribution in [0, 0.1) is 5.92 Å². The number of hydrogen-bond acceptors (Lipinski definition) is 4. The lowest BCUT2D eigenvalue weighted by molar-refractivity contribution is -0.133. The molecule has 19 heavy (non-hydrogen) atoms. The van der Waals surface area contributed by atoms with Crippen LogP contribution < -0.4 is 5.73 Å². The first-order valence-corrected chi connectivity index (χ1v) is 9.03. The highest BCUT2D eigenvalue weighted by Gasteiger charge is 2.29. The average Bonchev–Trinajstić information content (AvgIpc) is 2.62. The molecule has 3 atom stereocenters. The number of amides is 1. The maximum Gasteiger partial charge on any atom is 0.223 e. The number of sulfone groups is 1. The lowest BCUT2D eigenvalue weighted by atomic mass is 9.99. The Morgan fingerprint density at radius 3 is 2.47 bits per heavy atom. The van der Waals surface area contributed by atoms with Crippen molar-refractivity contribution in [2.75, 3.05) is 18.6 Å². The molecule has 1 aliphatic rings. The molecule has 0 aromatic rings. The molecule has 0 aromatic heterocycles. The lowest BCUT2D eigenvalue weighted by Crippen LogP contribution is -2.43. The highest BCUT2D eigenvalue weighted by molar-refractivity contribution is 7.90. The largest absolute Gasteiger partial charge is 0.339 e. The molecule has 0 bridgehead atoms. The van der Waals surface area contributed by atoms with Crippen LogP contribution in [-0.4, -0.2) is 49.9 Å². The minimum absolute atomic E-state index is 0.0172. The standard InChI is InChI=1S/C13H26N2O3S/c1-4-15(10(2)9-19(3,17)18)13(16)8-11-6-5-7-12(11)14/h10-12H,4-9,14H2,1-3H3/t10?,11-,12+/m0/s1. The molecule has 0 heterocycles. The fourth-order valence-corrected chi connectivity index (χ4v) is 3.98. The summed E-state index contributed by atoms with van der Waals surface area (Å²) < 4.78 is 22.6. The highest BCUT2D eigenvalue weighted by atomic mass is 32.2. The van der Waals surface area contributed by atoms with Gasteiger partial charge in [0, 0.05) is 31.3 Å². The second-order valence-electron chi connectivity index (χ2n) is 5.68. The molecule has 1 unspecified atom stereocenters. The second kappa shape index (κ2) is 6.70. The Labute approximate surface area is 116 Å². The fourth-order valence-electron chi connectivity index (χ4n) is 2.92. The number of carbonyl (C=O) groups excluding carboxylic acids is 1. The van der Waals surface area contributed by atoms with Crippen LogP contribution in [0.3, 0.4) is 0 Å². The van der Waals surface area contributed by atoms with Crippen LogP contribution >= 0.6 is 0 Å². The first-order valence-electron chi connectivity index (χ1n) is 6.97. The average molecular weight is 290 g/mol. The molecule has 1 amide bonds. The Kier molecular flexibility index (Phi) is 5.80. The molecule has 1 aliphatic carbocycles. The van der Waals surface area contributed by atoms with Gasteiger partial charge in [0.15, 0.2) is 0 Å². The topological polar surface area (TPSA) is 80.5 Å². The van der Waals surface area contributed by atoms with Gasteiger partial charge in [-0.3, -0.25) is 4.79 Å². The monoisotopic (exact) mass is 290 g/mol. The summed E-state index contributed by atoms with van der Waals surface area (Å²) in [5.74, 6) is 0.302. The summed E-state index contributed by atoms with van der Waals surface area (Å²) in [6.07, 6.45) is 4.73. The zero-order valence-corrected chi connectivity index (χ0v) is 12.9. The lowest BCUT2D eigenvalue weighted by Gasteiger charge is -2.29. The molecular weight excluding hydrogens is 264 g/mol. The molecule has 1 rings (SSSR count). The van der Waals surface area contributed by atoms with Crippen LogP contribution in [0.4, 0.5) is 0 Å². The Bertz CT molecular complexity index is 408. The second-order valence-corrected chi connectivity index (χ2v) is 7.86. The van der Waals surface area contributed by atoms with E-state index in [2.05, 4.69) is 0 Å². The van der Waals surface area contributed by atoms with Gasteiger partial charge in [-0.15, -0.1) is 0 Å². The van der Waals surface area contributed by atoms with Gasteiger partial charge in [0.1, 0.15) is 9.84 Å². The number of hydrogen-bond donors (Lipinski definition) is 1. The van der Waals surface area contributed by atoms with Gasteiger partial charge in [-0.05, 0) is 32.6 Å². The third kappa shape index (κ3) is 5.10. The summed E-state index contributed by atoms with van der Waals surface area (Å²) in [6.45, 7) is 4.21. The van der Waals surface area contributed by atoms with E-state index in [1.807, 2.05) is 6.92 Å². The van der Waals surface area contributed by atoms with Crippen molar-refractivity contribution in [3.8, 4) is 0 Å². The predicted molar refractivity (Wildman–Crippen MR) is 76.5 cm³/mol. The smallest absolute Gasteiger partial charge is 0.223 e. The van der Waals surface area contributed by atoms with Gasteiger partial charge in [-0.25, -0.2) is 8.42 Å². The van der Waals surface area contributed by atoms with Crippen molar-refractivity contribution in [1.82, 2.24) is 4.90 Å². The number of rotatable bonds is 6. The quantitative estimate of drug-likeness (QED) is 0.784. The minimum atomic E-state index is -3.07. The number of carbonyl (C=O) groups is 1. The molecule has 0 radical (unpaired) electrons. The van der Waals surface area contributed by atoms with Crippen molar-refractivity contribution in [1.29, 1.82) is 0 Å². The van der Waals surface area contributed by atoms with E-state index in [1.54, 1.807) is 11.8 Å². The summed E-state index contributed by atoms with van der Waals surface area (Å²) in [4.78, 5) is 13.9. The predicted octanol–water partition coefficient (Wildman–Crippen LogP) is 0.786. The number of nitrogens with zero attached hydrogens (tertiary/aromatic N) is 1. The summed E-state index contributed by atoms with van der Waals surface area (Å²) in [5.41, 5.74) is 5.98. The van der Waals surface area contributed by atoms with Crippen molar-refractivity contribution in [2.45, 2.75) is 51.6 Å². The Morgan fingerprint density at radius 1 is 1.42 bits per heavy atom. The SMILES string of the molecule is CCN(C(=O)C[C@@H]1CCC[C@H]1N)C(C)CS(C)(=O)=O. The Morgan fingerprint density at radius 2 is 2.05 bits per heavy atom. The minimum Gasteiger partial charge on any atom is -0.339 e. The van der Waals surface area contributed by atoms with Crippen molar-refractivity contribution in [3.05, 3.63) is 0 Å². The molecule has 0 aliphatic heterocycles. The molecule has 0 spiro atoms. The van der Waals surface area contributed by atoms with Crippen molar-refractivity contribution in [3.63, 3.8) is 0 Å². The van der Waals surface area contributed by atoms with Crippen LogP contribution in [-0.2, 0) is 14.6 Å². The van der Waals surface area contributed by atoms with E-state index in [4.69, 9.17) is 5.73 Å². The van der Waals surface area contributed by atoms with Gasteiger partial charge in [-0.2, -0.15) is 0 Å². The van der Waals surface area contributed by atoms with Gasteiger partial charge in [0.05, 0.1) is 5.75 Å². The molecule has 1 fully saturated rings. The molecule has 1 saturated carbocycles. The summed E-state index contributed by atoms with van der Waals surface area (Å²) in [5, 5.41) is 0. The summed E-state index contributed by atoms with van der Waals surface area (Å²) in [6, 6.07) is -0.155. The Balaban J connectivity index is 2.60. The zero-order valence-electron chi connectivity index (χ0n) is 12.1. The molecular formula is C13H26N2O3S. The van der Waals surface area contributed by atoms with Gasteiger partial charge < -0.3 is 10.6 Å². The van der Waals surface area contributed by atoms with Crippen LogP contribution in [0.2, 0.25) is 0 Å². The van der Waals surface area contributed by atoms with E-state index in [0.717, 1.165) is 19.3 Å². The highest BCUT2D eigenvalue weighted by Crippen LogP contribution is 2.27. The van der Waals surface area contributed by atoms with Gasteiger partial charge in [0.25, 0.3) is 0 Å². The molecule has 0 saturated heterocycles. The van der Waals surface area contributed by atoms with Crippen LogP contribution in [0.5, 0.6) is 0 Å².